The summed E-state index contributed by atoms with van der Waals surface area (Å²) in [6.07, 6.45) is 11.1. The van der Waals surface area contributed by atoms with E-state index in [1.54, 1.807) is 42.3 Å². The number of methoxy groups -OCH3 is 1. The normalized spacial score (nSPS) is 24.2. The SMILES string of the molecule is C=CCCOC(=O)N(C)[C@H]1CC(=NOC(C)(C)C)C2=C[C@H](CCCCO)[C@@H](CCCCO)[C@@H]3c4cc(Oc5ccc(OC)c(C=O)c5)ccc4O[C@@]1(OCC=C)[C@H]23. The number of hydrogen-bond donors (Lipinski definition) is 2. The maximum atomic E-state index is 13.8. The number of hydrogen-bond acceptors (Lipinski definition) is 11. The fourth-order valence-corrected chi connectivity index (χ4v) is 8.45. The second-order valence-electron chi connectivity index (χ2n) is 15.9. The average Bonchev–Trinajstić information content (AvgIpc) is 3.20. The molecule has 2 aromatic carbocycles. The average molecular weight is 789 g/mol. The van der Waals surface area contributed by atoms with E-state index in [9.17, 15) is 19.8 Å². The molecule has 0 aromatic heterocycles. The van der Waals surface area contributed by atoms with Gasteiger partial charge in [0.2, 0.25) is 5.79 Å². The number of oxime groups is 1. The quantitative estimate of drug-likeness (QED) is 0.0581. The van der Waals surface area contributed by atoms with Crippen molar-refractivity contribution in [2.24, 2.45) is 22.9 Å². The molecule has 6 atom stereocenters. The Kier molecular flexibility index (Phi) is 15.0. The zero-order valence-corrected chi connectivity index (χ0v) is 34.1. The number of aldehydes is 1. The molecule has 0 unspecified atom stereocenters. The van der Waals surface area contributed by atoms with Gasteiger partial charge in [-0.25, -0.2) is 4.79 Å². The number of unbranched alkanes of at least 4 members (excludes halogenated alkanes) is 2. The Morgan fingerprint density at radius 2 is 1.75 bits per heavy atom. The van der Waals surface area contributed by atoms with Crippen LogP contribution in [0.1, 0.15) is 94.0 Å². The van der Waals surface area contributed by atoms with Gasteiger partial charge in [0.25, 0.3) is 0 Å². The van der Waals surface area contributed by atoms with E-state index in [1.165, 1.54) is 7.11 Å². The lowest BCUT2D eigenvalue weighted by Gasteiger charge is -2.59. The molecule has 0 saturated heterocycles. The van der Waals surface area contributed by atoms with Crippen molar-refractivity contribution in [1.82, 2.24) is 4.90 Å². The number of carbonyl (C=O) groups is 2. The van der Waals surface area contributed by atoms with Crippen molar-refractivity contribution in [3.63, 3.8) is 0 Å². The van der Waals surface area contributed by atoms with Crippen molar-refractivity contribution in [1.29, 1.82) is 0 Å². The van der Waals surface area contributed by atoms with Crippen LogP contribution in [0.25, 0.3) is 0 Å². The number of nitrogens with zero attached hydrogens (tertiary/aromatic N) is 2. The molecular weight excluding hydrogens is 728 g/mol. The van der Waals surface area contributed by atoms with Crippen molar-refractivity contribution in [2.75, 3.05) is 40.6 Å². The monoisotopic (exact) mass is 788 g/mol. The Morgan fingerprint density at radius 3 is 2.42 bits per heavy atom. The van der Waals surface area contributed by atoms with Crippen LogP contribution in [0.3, 0.4) is 0 Å². The Balaban J connectivity index is 1.75. The molecule has 12 heteroatoms. The molecule has 1 fully saturated rings. The smallest absolute Gasteiger partial charge is 0.409 e. The summed E-state index contributed by atoms with van der Waals surface area (Å²) in [6.45, 7) is 14.0. The summed E-state index contributed by atoms with van der Waals surface area (Å²) in [5, 5.41) is 24.5. The molecule has 0 radical (unpaired) electrons. The number of ether oxygens (including phenoxy) is 5. The summed E-state index contributed by atoms with van der Waals surface area (Å²) in [6, 6.07) is 10.1. The Hall–Kier alpha value is -4.65. The molecule has 310 valence electrons. The third-order valence-corrected chi connectivity index (χ3v) is 10.9. The molecule has 1 heterocycles. The molecule has 1 amide bonds. The number of amides is 1. The largest absolute Gasteiger partial charge is 0.496 e. The van der Waals surface area contributed by atoms with Crippen LogP contribution < -0.4 is 14.2 Å². The second-order valence-corrected chi connectivity index (χ2v) is 15.9. The Bertz CT molecular complexity index is 1780. The number of aliphatic hydroxyl groups excluding tert-OH is 2. The van der Waals surface area contributed by atoms with Crippen LogP contribution in [-0.4, -0.2) is 91.2 Å². The minimum Gasteiger partial charge on any atom is -0.496 e. The Labute approximate surface area is 337 Å². The topological polar surface area (TPSA) is 146 Å². The van der Waals surface area contributed by atoms with Crippen molar-refractivity contribution in [3.8, 4) is 23.0 Å². The van der Waals surface area contributed by atoms with E-state index in [-0.39, 0.29) is 50.6 Å². The van der Waals surface area contributed by atoms with E-state index in [4.69, 9.17) is 33.7 Å². The first kappa shape index (κ1) is 43.5. The van der Waals surface area contributed by atoms with E-state index >= 15 is 0 Å². The summed E-state index contributed by atoms with van der Waals surface area (Å²) in [7, 11) is 3.21. The van der Waals surface area contributed by atoms with Crippen LogP contribution in [-0.2, 0) is 14.3 Å². The van der Waals surface area contributed by atoms with Crippen LogP contribution in [0.4, 0.5) is 4.79 Å². The highest BCUT2D eigenvalue weighted by atomic mass is 16.7. The van der Waals surface area contributed by atoms with Crippen molar-refractivity contribution >= 4 is 18.1 Å². The molecule has 0 bridgehead atoms. The van der Waals surface area contributed by atoms with E-state index in [0.717, 1.165) is 43.1 Å². The third kappa shape index (κ3) is 9.91. The van der Waals surface area contributed by atoms with Crippen LogP contribution in [0.15, 0.2) is 78.5 Å². The fraction of sp³-hybridized carbons (Fsp3) is 0.533. The van der Waals surface area contributed by atoms with E-state index in [0.29, 0.717) is 53.5 Å². The minimum atomic E-state index is -1.41. The van der Waals surface area contributed by atoms with Crippen molar-refractivity contribution in [2.45, 2.75) is 95.5 Å². The number of rotatable bonds is 20. The predicted octanol–water partition coefficient (Wildman–Crippen LogP) is 8.38. The van der Waals surface area contributed by atoms with E-state index < -0.39 is 29.4 Å². The van der Waals surface area contributed by atoms with Gasteiger partial charge in [-0.05, 0) is 107 Å². The molecule has 0 spiro atoms. The number of aliphatic hydroxyl groups is 2. The van der Waals surface area contributed by atoms with Gasteiger partial charge in [0.15, 0.2) is 6.29 Å². The van der Waals surface area contributed by atoms with Gasteiger partial charge < -0.3 is 43.6 Å². The lowest BCUT2D eigenvalue weighted by atomic mass is 9.55. The van der Waals surface area contributed by atoms with Gasteiger partial charge in [-0.1, -0.05) is 36.2 Å². The van der Waals surface area contributed by atoms with Gasteiger partial charge >= 0.3 is 6.09 Å². The van der Waals surface area contributed by atoms with E-state index in [1.807, 2.05) is 39.0 Å². The predicted molar refractivity (Wildman–Crippen MR) is 218 cm³/mol. The molecule has 3 aliphatic rings. The molecule has 2 aliphatic carbocycles. The van der Waals surface area contributed by atoms with Crippen molar-refractivity contribution < 1.29 is 48.3 Å². The summed E-state index contributed by atoms with van der Waals surface area (Å²) in [5.41, 5.74) is 2.28. The van der Waals surface area contributed by atoms with Crippen LogP contribution >= 0.6 is 0 Å². The first-order chi connectivity index (χ1) is 27.4. The lowest BCUT2D eigenvalue weighted by Crippen LogP contribution is -2.69. The molecule has 2 aromatic rings. The van der Waals surface area contributed by atoms with Crippen LogP contribution in [0.2, 0.25) is 0 Å². The molecule has 1 saturated carbocycles. The maximum absolute atomic E-state index is 13.8. The van der Waals surface area contributed by atoms with Gasteiger partial charge in [0.1, 0.15) is 34.6 Å². The molecule has 5 rings (SSSR count). The standard InChI is InChI=1S/C45H60N2O10/c1-8-10-24-53-43(51)47(6)40-28-37(46-57-44(3,4)5)35-26-30(15-11-13-21-48)34(16-12-14-22-49)41-36-27-33(55-32-17-19-38(52-7)31(25-32)29-50)18-20-39(36)56-45(40,42(35)41)54-23-9-2/h8-9,17-20,25-27,29-30,34,40-42,48-49H,1-2,10-16,21-24,28H2,3-7H3/t30-,34+,40-,41+,42+,45+/m0/s1. The number of benzene rings is 2. The summed E-state index contributed by atoms with van der Waals surface area (Å²) in [5.74, 6) is -0.00181. The highest BCUT2D eigenvalue weighted by molar-refractivity contribution is 6.03. The van der Waals surface area contributed by atoms with Crippen LogP contribution in [0, 0.1) is 17.8 Å². The number of fused-ring (bicyclic) bond motifs is 2. The van der Waals surface area contributed by atoms with Gasteiger partial charge in [-0.3, -0.25) is 4.79 Å². The lowest BCUT2D eigenvalue weighted by molar-refractivity contribution is -0.253. The Morgan fingerprint density at radius 1 is 1.04 bits per heavy atom. The van der Waals surface area contributed by atoms with Gasteiger partial charge in [-0.15, -0.1) is 13.2 Å². The molecular formula is C45H60N2O10. The highest BCUT2D eigenvalue weighted by Crippen LogP contribution is 2.62. The maximum Gasteiger partial charge on any atom is 0.409 e. The molecule has 1 aliphatic heterocycles. The summed E-state index contributed by atoms with van der Waals surface area (Å²) >= 11 is 0. The summed E-state index contributed by atoms with van der Waals surface area (Å²) < 4.78 is 31.6. The van der Waals surface area contributed by atoms with Crippen LogP contribution in [0.5, 0.6) is 23.0 Å². The van der Waals surface area contributed by atoms with E-state index in [2.05, 4.69) is 19.2 Å². The van der Waals surface area contributed by atoms with Gasteiger partial charge in [0, 0.05) is 38.2 Å². The second kappa shape index (κ2) is 19.7. The first-order valence-electron chi connectivity index (χ1n) is 20.0. The highest BCUT2D eigenvalue weighted by Gasteiger charge is 2.65. The third-order valence-electron chi connectivity index (χ3n) is 10.9. The number of allylic oxidation sites excluding steroid dienone is 1. The van der Waals surface area contributed by atoms with Crippen molar-refractivity contribution in [3.05, 3.63) is 84.5 Å². The summed E-state index contributed by atoms with van der Waals surface area (Å²) in [4.78, 5) is 33.4. The number of likely N-dealkylation sites (N-methyl/N-ethyl adjacent to an activating group) is 1. The molecule has 12 nitrogen and oxygen atoms in total. The zero-order valence-electron chi connectivity index (χ0n) is 34.1. The minimum absolute atomic E-state index is 0.0321. The molecule has 2 N–H and O–H groups in total. The van der Waals surface area contributed by atoms with Gasteiger partial charge in [0.05, 0.1) is 37.5 Å². The number of carbonyl (C=O) groups excluding carboxylic acids is 2. The first-order valence-corrected chi connectivity index (χ1v) is 20.0. The zero-order chi connectivity index (χ0) is 41.2. The fourth-order valence-electron chi connectivity index (χ4n) is 8.45. The van der Waals surface area contributed by atoms with Gasteiger partial charge in [-0.2, -0.15) is 0 Å². The molecule has 57 heavy (non-hydrogen) atoms.